The van der Waals surface area contributed by atoms with E-state index in [1.807, 2.05) is 0 Å². The minimum Gasteiger partial charge on any atom is -0.504 e. The Morgan fingerprint density at radius 1 is 0.818 bits per heavy atom. The Kier molecular flexibility index (Phi) is 5.55. The highest BCUT2D eigenvalue weighted by Gasteiger charge is 2.30. The summed E-state index contributed by atoms with van der Waals surface area (Å²) in [5, 5.41) is 24.2. The molecule has 1 aliphatic heterocycles. The van der Waals surface area contributed by atoms with Gasteiger partial charge in [-0.15, -0.1) is 0 Å². The molecule has 0 bridgehead atoms. The lowest BCUT2D eigenvalue weighted by Gasteiger charge is -2.19. The highest BCUT2D eigenvalue weighted by Crippen LogP contribution is 2.33. The summed E-state index contributed by atoms with van der Waals surface area (Å²) in [5.41, 5.74) is 1.65. The van der Waals surface area contributed by atoms with Crippen molar-refractivity contribution in [1.29, 1.82) is 0 Å². The van der Waals surface area contributed by atoms with Gasteiger partial charge in [-0.1, -0.05) is 24.3 Å². The fraction of sp³-hybridized carbons (Fsp3) is 0.0833. The van der Waals surface area contributed by atoms with E-state index in [0.29, 0.717) is 22.3 Å². The average Bonchev–Trinajstić information content (AvgIpc) is 2.77. The number of hydrogen-bond donors (Lipinski definition) is 4. The van der Waals surface area contributed by atoms with Crippen LogP contribution in [0.5, 0.6) is 11.5 Å². The van der Waals surface area contributed by atoms with Crippen LogP contribution in [0.25, 0.3) is 16.7 Å². The SMILES string of the molecule is O=C1NC(=O)c2ccc(-c3ccc(C(F)(F)F)cc3)cc2C1=CNCc1ccc(O)c(O)c1. The molecule has 0 aliphatic carbocycles. The fourth-order valence-electron chi connectivity index (χ4n) is 3.45. The second-order valence-electron chi connectivity index (χ2n) is 7.38. The molecule has 0 aromatic heterocycles. The maximum absolute atomic E-state index is 12.8. The molecule has 0 saturated heterocycles. The zero-order valence-corrected chi connectivity index (χ0v) is 16.9. The summed E-state index contributed by atoms with van der Waals surface area (Å²) in [7, 11) is 0. The number of carbonyl (C=O) groups is 2. The standard InChI is InChI=1S/C24H17F3N2O4/c25-24(26,27)16-5-2-14(3-6-16)15-4-7-17-18(10-15)19(23(33)29-22(17)32)12-28-11-13-1-8-20(30)21(31)9-13/h1-10,12,28,30-31H,11H2,(H,29,32,33). The molecule has 1 aliphatic rings. The van der Waals surface area contributed by atoms with E-state index < -0.39 is 23.6 Å². The summed E-state index contributed by atoms with van der Waals surface area (Å²) >= 11 is 0. The monoisotopic (exact) mass is 454 g/mol. The van der Waals surface area contributed by atoms with E-state index in [1.165, 1.54) is 36.5 Å². The van der Waals surface area contributed by atoms with Crippen molar-refractivity contribution < 1.29 is 33.0 Å². The molecule has 3 aromatic carbocycles. The number of aromatic hydroxyl groups is 2. The highest BCUT2D eigenvalue weighted by atomic mass is 19.4. The minimum absolute atomic E-state index is 0.168. The summed E-state index contributed by atoms with van der Waals surface area (Å²) in [4.78, 5) is 24.7. The Morgan fingerprint density at radius 2 is 1.52 bits per heavy atom. The maximum atomic E-state index is 12.8. The van der Waals surface area contributed by atoms with Gasteiger partial charge in [-0.25, -0.2) is 0 Å². The molecule has 6 nitrogen and oxygen atoms in total. The van der Waals surface area contributed by atoms with E-state index in [2.05, 4.69) is 10.6 Å². The molecule has 0 spiro atoms. The van der Waals surface area contributed by atoms with Crippen LogP contribution >= 0.6 is 0 Å². The molecule has 33 heavy (non-hydrogen) atoms. The van der Waals surface area contributed by atoms with E-state index >= 15 is 0 Å². The summed E-state index contributed by atoms with van der Waals surface area (Å²) in [6, 6.07) is 13.6. The van der Waals surface area contributed by atoms with E-state index in [9.17, 15) is 33.0 Å². The Morgan fingerprint density at radius 3 is 2.18 bits per heavy atom. The van der Waals surface area contributed by atoms with E-state index in [0.717, 1.165) is 12.1 Å². The second kappa shape index (κ2) is 8.34. The van der Waals surface area contributed by atoms with Gasteiger partial charge in [0.2, 0.25) is 0 Å². The largest absolute Gasteiger partial charge is 0.504 e. The van der Waals surface area contributed by atoms with Gasteiger partial charge in [-0.05, 0) is 53.1 Å². The predicted molar refractivity (Wildman–Crippen MR) is 114 cm³/mol. The predicted octanol–water partition coefficient (Wildman–Crippen LogP) is 4.18. The number of hydrogen-bond acceptors (Lipinski definition) is 5. The molecule has 9 heteroatoms. The van der Waals surface area contributed by atoms with Gasteiger partial charge >= 0.3 is 6.18 Å². The van der Waals surface area contributed by atoms with Crippen molar-refractivity contribution in [2.75, 3.05) is 0 Å². The number of alkyl halides is 3. The molecule has 2 amide bonds. The Hall–Kier alpha value is -4.27. The first-order valence-corrected chi connectivity index (χ1v) is 9.75. The molecule has 3 aromatic rings. The van der Waals surface area contributed by atoms with Crippen molar-refractivity contribution in [2.24, 2.45) is 0 Å². The molecule has 0 atom stereocenters. The fourth-order valence-corrected chi connectivity index (χ4v) is 3.45. The van der Waals surface area contributed by atoms with Crippen LogP contribution in [0.1, 0.15) is 27.0 Å². The van der Waals surface area contributed by atoms with Crippen molar-refractivity contribution in [2.45, 2.75) is 12.7 Å². The Bertz CT molecular complexity index is 1280. The number of phenolic OH excluding ortho intramolecular Hbond substituents is 2. The van der Waals surface area contributed by atoms with Crippen molar-refractivity contribution in [3.63, 3.8) is 0 Å². The molecule has 0 fully saturated rings. The lowest BCUT2D eigenvalue weighted by Crippen LogP contribution is -2.37. The third kappa shape index (κ3) is 4.52. The smallest absolute Gasteiger partial charge is 0.416 e. The summed E-state index contributed by atoms with van der Waals surface area (Å²) in [5.74, 6) is -1.74. The van der Waals surface area contributed by atoms with Gasteiger partial charge in [-0.3, -0.25) is 14.9 Å². The Labute approximate surface area is 186 Å². The highest BCUT2D eigenvalue weighted by molar-refractivity contribution is 6.31. The molecule has 4 N–H and O–H groups in total. The first kappa shape index (κ1) is 21.9. The number of halogens is 3. The van der Waals surface area contributed by atoms with E-state index in [1.54, 1.807) is 18.2 Å². The van der Waals surface area contributed by atoms with Crippen molar-refractivity contribution in [3.8, 4) is 22.6 Å². The van der Waals surface area contributed by atoms with Crippen LogP contribution in [-0.2, 0) is 17.5 Å². The van der Waals surface area contributed by atoms with Gasteiger partial charge < -0.3 is 15.5 Å². The van der Waals surface area contributed by atoms with Crippen molar-refractivity contribution in [1.82, 2.24) is 10.6 Å². The van der Waals surface area contributed by atoms with Gasteiger partial charge in [0.1, 0.15) is 0 Å². The Balaban J connectivity index is 1.65. The number of imide groups is 1. The third-order valence-corrected chi connectivity index (χ3v) is 5.16. The summed E-state index contributed by atoms with van der Waals surface area (Å²) in [6.45, 7) is 0.215. The second-order valence-corrected chi connectivity index (χ2v) is 7.38. The molecular formula is C24H17F3N2O4. The molecule has 0 radical (unpaired) electrons. The van der Waals surface area contributed by atoms with Gasteiger partial charge in [0.15, 0.2) is 11.5 Å². The lowest BCUT2D eigenvalue weighted by molar-refractivity contribution is -0.137. The molecular weight excluding hydrogens is 437 g/mol. The maximum Gasteiger partial charge on any atom is 0.416 e. The van der Waals surface area contributed by atoms with Crippen LogP contribution < -0.4 is 10.6 Å². The zero-order chi connectivity index (χ0) is 23.8. The van der Waals surface area contributed by atoms with Gasteiger partial charge in [-0.2, -0.15) is 13.2 Å². The van der Waals surface area contributed by atoms with Gasteiger partial charge in [0, 0.05) is 23.9 Å². The number of phenols is 2. The number of benzene rings is 3. The van der Waals surface area contributed by atoms with Crippen LogP contribution in [-0.4, -0.2) is 22.0 Å². The normalized spacial score (nSPS) is 14.7. The minimum atomic E-state index is -4.45. The first-order valence-electron chi connectivity index (χ1n) is 9.75. The molecule has 0 saturated carbocycles. The number of fused-ring (bicyclic) bond motifs is 1. The number of nitrogens with one attached hydrogen (secondary N) is 2. The number of carbonyl (C=O) groups excluding carboxylic acids is 2. The molecule has 0 unspecified atom stereocenters. The van der Waals surface area contributed by atoms with Gasteiger partial charge in [0.25, 0.3) is 11.8 Å². The third-order valence-electron chi connectivity index (χ3n) is 5.16. The molecule has 4 rings (SSSR count). The molecule has 168 valence electrons. The first-order chi connectivity index (χ1) is 15.6. The number of rotatable bonds is 4. The number of amides is 2. The van der Waals surface area contributed by atoms with Gasteiger partial charge in [0.05, 0.1) is 11.1 Å². The lowest BCUT2D eigenvalue weighted by atomic mass is 9.91. The van der Waals surface area contributed by atoms with Crippen molar-refractivity contribution >= 4 is 17.4 Å². The van der Waals surface area contributed by atoms with Crippen LogP contribution in [0, 0.1) is 0 Å². The summed E-state index contributed by atoms with van der Waals surface area (Å²) in [6.07, 6.45) is -3.03. The van der Waals surface area contributed by atoms with Crippen molar-refractivity contribution in [3.05, 3.63) is 89.1 Å². The quantitative estimate of drug-likeness (QED) is 0.269. The molecule has 1 heterocycles. The zero-order valence-electron chi connectivity index (χ0n) is 16.9. The van der Waals surface area contributed by atoms with Crippen LogP contribution in [0.3, 0.4) is 0 Å². The van der Waals surface area contributed by atoms with E-state index in [4.69, 9.17) is 0 Å². The van der Waals surface area contributed by atoms with Crippen LogP contribution in [0.4, 0.5) is 13.2 Å². The van der Waals surface area contributed by atoms with Crippen LogP contribution in [0.2, 0.25) is 0 Å². The van der Waals surface area contributed by atoms with E-state index in [-0.39, 0.29) is 29.2 Å². The topological polar surface area (TPSA) is 98.7 Å². The summed E-state index contributed by atoms with van der Waals surface area (Å²) < 4.78 is 38.5. The average molecular weight is 454 g/mol. The van der Waals surface area contributed by atoms with Crippen LogP contribution in [0.15, 0.2) is 66.9 Å².